The minimum absolute atomic E-state index is 0.224. The van der Waals surface area contributed by atoms with E-state index in [2.05, 4.69) is 77.9 Å². The average molecular weight is 371 g/mol. The van der Waals surface area contributed by atoms with Crippen LogP contribution in [0.25, 0.3) is 16.7 Å². The summed E-state index contributed by atoms with van der Waals surface area (Å²) in [5, 5.41) is 4.49. The number of aromatic amines is 1. The van der Waals surface area contributed by atoms with Crippen LogP contribution >= 0.6 is 12.6 Å². The number of hydrogen-bond acceptors (Lipinski definition) is 4. The summed E-state index contributed by atoms with van der Waals surface area (Å²) >= 11 is 4.65. The Morgan fingerprint density at radius 3 is 2.65 bits per heavy atom. The summed E-state index contributed by atoms with van der Waals surface area (Å²) in [4.78, 5) is 8.11. The average Bonchev–Trinajstić information content (AvgIpc) is 3.02. The summed E-state index contributed by atoms with van der Waals surface area (Å²) in [5.41, 5.74) is 9.85. The standard InChI is InChI=1S/C20H27N5S/c1-14-23-19-16(11-18(24-19)20(2,3)26)13-25(14)17-7-5-15(6-8-17)12-22-10-4-9-21/h5-8,11,13,22,26H,4,9-10,12,21H2,1-3H3/p+1. The molecule has 0 bridgehead atoms. The Kier molecular flexibility index (Phi) is 5.65. The molecule has 0 amide bonds. The van der Waals surface area contributed by atoms with Crippen molar-refractivity contribution in [2.75, 3.05) is 13.1 Å². The highest BCUT2D eigenvalue weighted by Gasteiger charge is 2.21. The fourth-order valence-electron chi connectivity index (χ4n) is 2.92. The van der Waals surface area contributed by atoms with Gasteiger partial charge >= 0.3 is 5.82 Å². The molecule has 0 aliphatic heterocycles. The number of aromatic nitrogens is 3. The Balaban J connectivity index is 1.84. The molecule has 138 valence electrons. The van der Waals surface area contributed by atoms with Crippen LogP contribution in [0.3, 0.4) is 0 Å². The van der Waals surface area contributed by atoms with Crippen molar-refractivity contribution in [2.45, 2.75) is 38.5 Å². The monoisotopic (exact) mass is 370 g/mol. The van der Waals surface area contributed by atoms with Gasteiger partial charge in [0.05, 0.1) is 5.39 Å². The van der Waals surface area contributed by atoms with Crippen LogP contribution in [0.1, 0.15) is 37.4 Å². The minimum atomic E-state index is -0.224. The third-order valence-electron chi connectivity index (χ3n) is 4.48. The first-order valence-electron chi connectivity index (χ1n) is 9.03. The smallest absolute Gasteiger partial charge is 0.303 e. The molecule has 2 aromatic heterocycles. The molecule has 26 heavy (non-hydrogen) atoms. The van der Waals surface area contributed by atoms with E-state index in [0.717, 1.165) is 54.3 Å². The van der Waals surface area contributed by atoms with E-state index >= 15 is 0 Å². The second-order valence-corrected chi connectivity index (χ2v) is 8.31. The molecular weight excluding hydrogens is 342 g/mol. The SMILES string of the molecule is Cc1nc2[nH]c(C(C)(C)S)cc2c[n+]1-c1ccc(CNCCCN)cc1. The lowest BCUT2D eigenvalue weighted by Gasteiger charge is -2.13. The van der Waals surface area contributed by atoms with Gasteiger partial charge in [-0.1, -0.05) is 12.1 Å². The highest BCUT2D eigenvalue weighted by Crippen LogP contribution is 2.28. The van der Waals surface area contributed by atoms with Crippen LogP contribution in [0.4, 0.5) is 0 Å². The van der Waals surface area contributed by atoms with Crippen molar-refractivity contribution >= 4 is 23.7 Å². The number of nitrogens with zero attached hydrogens (tertiary/aromatic N) is 2. The van der Waals surface area contributed by atoms with Crippen molar-refractivity contribution in [3.63, 3.8) is 0 Å². The number of H-pyrrole nitrogens is 1. The van der Waals surface area contributed by atoms with Crippen molar-refractivity contribution < 1.29 is 4.57 Å². The number of aryl methyl sites for hydroxylation is 1. The van der Waals surface area contributed by atoms with E-state index in [-0.39, 0.29) is 4.75 Å². The molecular formula is C20H28N5S+. The first kappa shape index (κ1) is 18.9. The van der Waals surface area contributed by atoms with E-state index in [1.807, 2.05) is 6.92 Å². The summed E-state index contributed by atoms with van der Waals surface area (Å²) < 4.78 is 1.90. The Morgan fingerprint density at radius 1 is 1.27 bits per heavy atom. The largest absolute Gasteiger partial charge is 0.330 e. The first-order chi connectivity index (χ1) is 12.4. The fourth-order valence-corrected chi connectivity index (χ4v) is 3.04. The van der Waals surface area contributed by atoms with Gasteiger partial charge in [-0.25, -0.2) is 0 Å². The van der Waals surface area contributed by atoms with Gasteiger partial charge in [0, 0.05) is 23.9 Å². The Morgan fingerprint density at radius 2 is 2.00 bits per heavy atom. The van der Waals surface area contributed by atoms with Crippen molar-refractivity contribution in [3.8, 4) is 5.69 Å². The van der Waals surface area contributed by atoms with E-state index in [4.69, 9.17) is 10.7 Å². The molecule has 3 rings (SSSR count). The van der Waals surface area contributed by atoms with Crippen molar-refractivity contribution in [3.05, 3.63) is 53.6 Å². The molecule has 6 heteroatoms. The summed E-state index contributed by atoms with van der Waals surface area (Å²) in [6.45, 7) is 8.70. The maximum atomic E-state index is 5.52. The Labute approximate surface area is 160 Å². The topological polar surface area (TPSA) is 70.6 Å². The zero-order chi connectivity index (χ0) is 18.7. The van der Waals surface area contributed by atoms with Gasteiger partial charge in [-0.15, -0.1) is 0 Å². The summed E-state index contributed by atoms with van der Waals surface area (Å²) in [6.07, 6.45) is 3.13. The van der Waals surface area contributed by atoms with E-state index in [1.165, 1.54) is 5.56 Å². The van der Waals surface area contributed by atoms with Gasteiger partial charge < -0.3 is 16.0 Å². The molecule has 0 unspecified atom stereocenters. The summed E-state index contributed by atoms with van der Waals surface area (Å²) in [5.74, 6) is 0.941. The third-order valence-corrected chi connectivity index (χ3v) is 4.72. The molecule has 5 nitrogen and oxygen atoms in total. The van der Waals surface area contributed by atoms with Gasteiger partial charge in [-0.3, -0.25) is 0 Å². The zero-order valence-corrected chi connectivity index (χ0v) is 16.6. The molecule has 0 saturated carbocycles. The normalized spacial score (nSPS) is 12.0. The van der Waals surface area contributed by atoms with Crippen LogP contribution in [-0.2, 0) is 11.3 Å². The molecule has 0 aliphatic rings. The van der Waals surface area contributed by atoms with Crippen molar-refractivity contribution in [1.82, 2.24) is 15.3 Å². The number of nitrogens with two attached hydrogens (primary N) is 1. The molecule has 1 aromatic carbocycles. The zero-order valence-electron chi connectivity index (χ0n) is 15.7. The second-order valence-electron chi connectivity index (χ2n) is 7.19. The molecule has 0 atom stereocenters. The maximum absolute atomic E-state index is 5.52. The predicted molar refractivity (Wildman–Crippen MR) is 110 cm³/mol. The highest BCUT2D eigenvalue weighted by atomic mass is 32.1. The molecule has 0 radical (unpaired) electrons. The van der Waals surface area contributed by atoms with E-state index in [9.17, 15) is 0 Å². The number of thiol groups is 1. The van der Waals surface area contributed by atoms with Crippen LogP contribution in [0.2, 0.25) is 0 Å². The molecule has 0 spiro atoms. The van der Waals surface area contributed by atoms with Crippen LogP contribution in [0, 0.1) is 6.92 Å². The van der Waals surface area contributed by atoms with E-state index < -0.39 is 0 Å². The van der Waals surface area contributed by atoms with Crippen LogP contribution in [0.15, 0.2) is 36.5 Å². The Bertz CT molecular complexity index is 878. The molecule has 2 heterocycles. The van der Waals surface area contributed by atoms with Crippen molar-refractivity contribution in [1.29, 1.82) is 0 Å². The molecule has 0 fully saturated rings. The second kappa shape index (κ2) is 7.78. The lowest BCUT2D eigenvalue weighted by atomic mass is 10.1. The number of hydrogen-bond donors (Lipinski definition) is 4. The molecule has 4 N–H and O–H groups in total. The third kappa shape index (κ3) is 4.26. The summed E-state index contributed by atoms with van der Waals surface area (Å²) in [7, 11) is 0. The number of fused-ring (bicyclic) bond motifs is 1. The molecule has 3 aromatic rings. The summed E-state index contributed by atoms with van der Waals surface area (Å²) in [6, 6.07) is 10.7. The quantitative estimate of drug-likeness (QED) is 0.294. The van der Waals surface area contributed by atoms with E-state index in [0.29, 0.717) is 0 Å². The maximum Gasteiger partial charge on any atom is 0.303 e. The van der Waals surface area contributed by atoms with Gasteiger partial charge in [0.15, 0.2) is 0 Å². The van der Waals surface area contributed by atoms with Crippen LogP contribution in [-0.4, -0.2) is 23.1 Å². The Hall–Kier alpha value is -1.89. The number of rotatable bonds is 7. The van der Waals surface area contributed by atoms with Gasteiger partial charge in [0.2, 0.25) is 0 Å². The molecule has 0 saturated heterocycles. The van der Waals surface area contributed by atoms with Gasteiger partial charge in [-0.05, 0) is 62.1 Å². The van der Waals surface area contributed by atoms with Gasteiger partial charge in [0.25, 0.3) is 5.65 Å². The van der Waals surface area contributed by atoms with Crippen LogP contribution in [0.5, 0.6) is 0 Å². The predicted octanol–water partition coefficient (Wildman–Crippen LogP) is 2.75. The van der Waals surface area contributed by atoms with Crippen LogP contribution < -0.4 is 15.6 Å². The highest BCUT2D eigenvalue weighted by molar-refractivity contribution is 7.81. The first-order valence-corrected chi connectivity index (χ1v) is 9.48. The number of benzene rings is 1. The lowest BCUT2D eigenvalue weighted by molar-refractivity contribution is -0.604. The fraction of sp³-hybridized carbons (Fsp3) is 0.400. The lowest BCUT2D eigenvalue weighted by Crippen LogP contribution is -2.34. The van der Waals surface area contributed by atoms with Crippen molar-refractivity contribution in [2.24, 2.45) is 5.73 Å². The number of nitrogens with one attached hydrogen (secondary N) is 2. The molecule has 0 aliphatic carbocycles. The van der Waals surface area contributed by atoms with E-state index in [1.54, 1.807) is 0 Å². The van der Waals surface area contributed by atoms with Gasteiger partial charge in [-0.2, -0.15) is 17.2 Å². The van der Waals surface area contributed by atoms with Gasteiger partial charge in [0.1, 0.15) is 11.9 Å². The minimum Gasteiger partial charge on any atom is -0.330 e.